The predicted molar refractivity (Wildman–Crippen MR) is 95.6 cm³/mol. The Morgan fingerprint density at radius 1 is 0.875 bits per heavy atom. The number of carbonyl (C=O) groups excluding carboxylic acids is 2. The van der Waals surface area contributed by atoms with Crippen molar-refractivity contribution in [1.29, 1.82) is 0 Å². The lowest BCUT2D eigenvalue weighted by molar-refractivity contribution is -0.163. The third-order valence-electron chi connectivity index (χ3n) is 4.74. The summed E-state index contributed by atoms with van der Waals surface area (Å²) in [5.74, 6) is -0.256. The zero-order valence-electron chi connectivity index (χ0n) is 15.9. The molecule has 0 saturated heterocycles. The molecule has 0 radical (unpaired) electrons. The van der Waals surface area contributed by atoms with E-state index in [-0.39, 0.29) is 23.8 Å². The molecule has 0 aliphatic heterocycles. The van der Waals surface area contributed by atoms with Crippen LogP contribution in [0.25, 0.3) is 0 Å². The fraction of sp³-hybridized carbons (Fsp3) is 0.900. The van der Waals surface area contributed by atoms with Crippen LogP contribution >= 0.6 is 0 Å². The van der Waals surface area contributed by atoms with Gasteiger partial charge in [-0.25, -0.2) is 0 Å². The van der Waals surface area contributed by atoms with E-state index in [1.165, 1.54) is 19.3 Å². The molecule has 1 saturated carbocycles. The first-order chi connectivity index (χ1) is 11.6. The Morgan fingerprint density at radius 2 is 1.42 bits per heavy atom. The van der Waals surface area contributed by atoms with Gasteiger partial charge in [0, 0.05) is 0 Å². The normalized spacial score (nSPS) is 20.8. The summed E-state index contributed by atoms with van der Waals surface area (Å²) < 4.78 is 10.7. The van der Waals surface area contributed by atoms with E-state index in [1.54, 1.807) is 0 Å². The van der Waals surface area contributed by atoms with Crippen molar-refractivity contribution < 1.29 is 19.1 Å². The van der Waals surface area contributed by atoms with Crippen molar-refractivity contribution in [2.75, 3.05) is 13.2 Å². The lowest BCUT2D eigenvalue weighted by atomic mass is 9.79. The molecule has 0 aromatic carbocycles. The van der Waals surface area contributed by atoms with Gasteiger partial charge in [-0.3, -0.25) is 9.59 Å². The maximum Gasteiger partial charge on any atom is 0.309 e. The molecule has 0 heterocycles. The SMILES string of the molecule is CCCOC(=O)C1CCCCC1C(=O)OCCCCCCC(C)C. The number of hydrogen-bond acceptors (Lipinski definition) is 4. The molecule has 4 nitrogen and oxygen atoms in total. The van der Waals surface area contributed by atoms with E-state index in [1.807, 2.05) is 6.92 Å². The summed E-state index contributed by atoms with van der Waals surface area (Å²) in [4.78, 5) is 24.5. The van der Waals surface area contributed by atoms with Crippen LogP contribution in [-0.2, 0) is 19.1 Å². The van der Waals surface area contributed by atoms with Crippen LogP contribution in [0.4, 0.5) is 0 Å². The van der Waals surface area contributed by atoms with Crippen LogP contribution in [0.1, 0.15) is 85.0 Å². The molecule has 140 valence electrons. The lowest BCUT2D eigenvalue weighted by Crippen LogP contribution is -2.35. The molecule has 2 unspecified atom stereocenters. The van der Waals surface area contributed by atoms with Crippen LogP contribution < -0.4 is 0 Å². The van der Waals surface area contributed by atoms with Crippen LogP contribution in [-0.4, -0.2) is 25.2 Å². The molecule has 0 aromatic heterocycles. The lowest BCUT2D eigenvalue weighted by Gasteiger charge is -2.28. The van der Waals surface area contributed by atoms with E-state index in [9.17, 15) is 9.59 Å². The number of rotatable bonds is 11. The molecule has 24 heavy (non-hydrogen) atoms. The van der Waals surface area contributed by atoms with E-state index < -0.39 is 0 Å². The van der Waals surface area contributed by atoms with Crippen LogP contribution in [0.15, 0.2) is 0 Å². The maximum absolute atomic E-state index is 12.3. The van der Waals surface area contributed by atoms with Crippen LogP contribution in [0.5, 0.6) is 0 Å². The Morgan fingerprint density at radius 3 is 1.96 bits per heavy atom. The van der Waals surface area contributed by atoms with Gasteiger partial charge in [-0.1, -0.05) is 59.3 Å². The Balaban J connectivity index is 2.26. The minimum Gasteiger partial charge on any atom is -0.465 e. The first-order valence-electron chi connectivity index (χ1n) is 9.89. The van der Waals surface area contributed by atoms with Crippen molar-refractivity contribution in [3.8, 4) is 0 Å². The molecule has 1 aliphatic rings. The van der Waals surface area contributed by atoms with E-state index in [2.05, 4.69) is 13.8 Å². The highest BCUT2D eigenvalue weighted by molar-refractivity contribution is 5.82. The summed E-state index contributed by atoms with van der Waals surface area (Å²) in [6, 6.07) is 0. The first-order valence-corrected chi connectivity index (χ1v) is 9.89. The zero-order valence-corrected chi connectivity index (χ0v) is 15.9. The summed E-state index contributed by atoms with van der Waals surface area (Å²) in [5, 5.41) is 0. The summed E-state index contributed by atoms with van der Waals surface area (Å²) in [7, 11) is 0. The Hall–Kier alpha value is -1.06. The van der Waals surface area contributed by atoms with Crippen molar-refractivity contribution in [3.05, 3.63) is 0 Å². The van der Waals surface area contributed by atoms with Crippen molar-refractivity contribution in [3.63, 3.8) is 0 Å². The molecule has 2 atom stereocenters. The fourth-order valence-corrected chi connectivity index (χ4v) is 3.29. The minimum absolute atomic E-state index is 0.199. The van der Waals surface area contributed by atoms with Crippen LogP contribution in [0.2, 0.25) is 0 Å². The fourth-order valence-electron chi connectivity index (χ4n) is 3.29. The molecule has 0 amide bonds. The van der Waals surface area contributed by atoms with Gasteiger partial charge in [0.25, 0.3) is 0 Å². The average Bonchev–Trinajstić information content (AvgIpc) is 2.58. The highest BCUT2D eigenvalue weighted by atomic mass is 16.5. The van der Waals surface area contributed by atoms with Gasteiger partial charge in [0.1, 0.15) is 0 Å². The molecule has 1 rings (SSSR count). The van der Waals surface area contributed by atoms with Gasteiger partial charge >= 0.3 is 11.9 Å². The summed E-state index contributed by atoms with van der Waals surface area (Å²) in [5.41, 5.74) is 0. The second-order valence-corrected chi connectivity index (χ2v) is 7.43. The number of hydrogen-bond donors (Lipinski definition) is 0. The van der Waals surface area contributed by atoms with Gasteiger partial charge in [-0.05, 0) is 31.6 Å². The molecule has 0 aromatic rings. The van der Waals surface area contributed by atoms with E-state index in [4.69, 9.17) is 9.47 Å². The maximum atomic E-state index is 12.3. The third-order valence-corrected chi connectivity index (χ3v) is 4.74. The molecule has 1 fully saturated rings. The smallest absolute Gasteiger partial charge is 0.309 e. The molecule has 0 N–H and O–H groups in total. The van der Waals surface area contributed by atoms with Crippen molar-refractivity contribution >= 4 is 11.9 Å². The Kier molecular flexibility index (Phi) is 10.8. The number of esters is 2. The van der Waals surface area contributed by atoms with Gasteiger partial charge < -0.3 is 9.47 Å². The van der Waals surface area contributed by atoms with E-state index >= 15 is 0 Å². The second-order valence-electron chi connectivity index (χ2n) is 7.43. The monoisotopic (exact) mass is 340 g/mol. The summed E-state index contributed by atoms with van der Waals surface area (Å²) in [6.07, 6.45) is 10.0. The molecule has 1 aliphatic carbocycles. The van der Waals surface area contributed by atoms with Crippen molar-refractivity contribution in [2.24, 2.45) is 17.8 Å². The topological polar surface area (TPSA) is 52.6 Å². The number of carbonyl (C=O) groups is 2. The average molecular weight is 341 g/mol. The van der Waals surface area contributed by atoms with Gasteiger partial charge in [-0.15, -0.1) is 0 Å². The minimum atomic E-state index is -0.302. The molecule has 4 heteroatoms. The largest absolute Gasteiger partial charge is 0.465 e. The van der Waals surface area contributed by atoms with Crippen LogP contribution in [0.3, 0.4) is 0 Å². The van der Waals surface area contributed by atoms with E-state index in [0.717, 1.165) is 50.9 Å². The van der Waals surface area contributed by atoms with Crippen LogP contribution in [0, 0.1) is 17.8 Å². The predicted octanol–water partition coefficient (Wildman–Crippen LogP) is 4.90. The highest BCUT2D eigenvalue weighted by Crippen LogP contribution is 2.32. The summed E-state index contributed by atoms with van der Waals surface area (Å²) in [6.45, 7) is 7.38. The zero-order chi connectivity index (χ0) is 17.8. The van der Waals surface area contributed by atoms with Gasteiger partial charge in [0.2, 0.25) is 0 Å². The van der Waals surface area contributed by atoms with E-state index in [0.29, 0.717) is 13.2 Å². The number of unbranched alkanes of at least 4 members (excludes halogenated alkanes) is 3. The summed E-state index contributed by atoms with van der Waals surface area (Å²) >= 11 is 0. The van der Waals surface area contributed by atoms with Gasteiger partial charge in [-0.2, -0.15) is 0 Å². The Labute approximate surface area is 147 Å². The second kappa shape index (κ2) is 12.3. The highest BCUT2D eigenvalue weighted by Gasteiger charge is 2.37. The third kappa shape index (κ3) is 8.16. The number of ether oxygens (including phenoxy) is 2. The van der Waals surface area contributed by atoms with Gasteiger partial charge in [0.15, 0.2) is 0 Å². The van der Waals surface area contributed by atoms with Gasteiger partial charge in [0.05, 0.1) is 25.0 Å². The molecule has 0 spiro atoms. The van der Waals surface area contributed by atoms with Crippen molar-refractivity contribution in [2.45, 2.75) is 85.0 Å². The standard InChI is InChI=1S/C20H36O4/c1-4-14-23-19(21)17-12-8-9-13-18(17)20(22)24-15-10-6-5-7-11-16(2)3/h16-18H,4-15H2,1-3H3. The first kappa shape index (κ1) is 21.0. The molecular formula is C20H36O4. The van der Waals surface area contributed by atoms with Crippen molar-refractivity contribution in [1.82, 2.24) is 0 Å². The molecular weight excluding hydrogens is 304 g/mol. The molecule has 0 bridgehead atoms. The quantitative estimate of drug-likeness (QED) is 0.397. The Bertz CT molecular complexity index is 365.